The van der Waals surface area contributed by atoms with Crippen LogP contribution in [-0.4, -0.2) is 115 Å². The van der Waals surface area contributed by atoms with Gasteiger partial charge in [-0.3, -0.25) is 10.1 Å². The summed E-state index contributed by atoms with van der Waals surface area (Å²) in [5.41, 5.74) is 0. The molecule has 2 rings (SSSR count). The maximum absolute atomic E-state index is 11.1. The van der Waals surface area contributed by atoms with E-state index in [-0.39, 0.29) is 0 Å². The summed E-state index contributed by atoms with van der Waals surface area (Å²) in [5.74, 6) is -2.35. The fourth-order valence-electron chi connectivity index (χ4n) is 2.88. The smallest absolute Gasteiger partial charge is 0.271 e. The zero-order chi connectivity index (χ0) is 18.9. The Hall–Kier alpha value is -1.00. The van der Waals surface area contributed by atoms with Crippen LogP contribution in [-0.2, 0) is 14.2 Å². The zero-order valence-electron chi connectivity index (χ0n) is 12.9. The van der Waals surface area contributed by atoms with Crippen LogP contribution in [0.1, 0.15) is 0 Å². The van der Waals surface area contributed by atoms with Crippen molar-refractivity contribution in [2.75, 3.05) is 19.8 Å². The molecule has 25 heavy (non-hydrogen) atoms. The summed E-state index contributed by atoms with van der Waals surface area (Å²) in [6, 6.07) is -1.98. The molecule has 0 spiro atoms. The number of nitro groups is 1. The highest BCUT2D eigenvalue weighted by molar-refractivity contribution is 4.98. The Morgan fingerprint density at radius 3 is 2.04 bits per heavy atom. The molecule has 2 aliphatic heterocycles. The summed E-state index contributed by atoms with van der Waals surface area (Å²) in [4.78, 5) is 10.1. The quantitative estimate of drug-likeness (QED) is 0.172. The number of hydrogen-bond acceptors (Lipinski definition) is 12. The molecule has 2 aliphatic rings. The lowest BCUT2D eigenvalue weighted by Gasteiger charge is -2.41. The molecule has 0 amide bonds. The van der Waals surface area contributed by atoms with Gasteiger partial charge in [0.05, 0.1) is 13.2 Å². The van der Waals surface area contributed by atoms with Crippen molar-refractivity contribution < 1.29 is 54.9 Å². The minimum atomic E-state index is -2.35. The van der Waals surface area contributed by atoms with Crippen molar-refractivity contribution in [1.82, 2.24) is 0 Å². The Bertz CT molecular complexity index is 479. The van der Waals surface area contributed by atoms with Gasteiger partial charge < -0.3 is 50.0 Å². The van der Waals surface area contributed by atoms with Gasteiger partial charge in [-0.1, -0.05) is 0 Å². The average Bonchev–Trinajstić information content (AvgIpc) is 2.82. The fraction of sp³-hybridized carbons (Fsp3) is 1.00. The van der Waals surface area contributed by atoms with Crippen molar-refractivity contribution in [2.24, 2.45) is 0 Å². The molecule has 0 radical (unpaired) electrons. The molecule has 7 N–H and O–H groups in total. The second-order valence-corrected chi connectivity index (χ2v) is 5.84. The molecule has 2 saturated heterocycles. The van der Waals surface area contributed by atoms with Crippen molar-refractivity contribution in [1.29, 1.82) is 0 Å². The molecule has 2 unspecified atom stereocenters. The Kier molecular flexibility index (Phi) is 6.26. The van der Waals surface area contributed by atoms with E-state index in [1.165, 1.54) is 0 Å². The van der Waals surface area contributed by atoms with Crippen molar-refractivity contribution in [3.63, 3.8) is 0 Å². The summed E-state index contributed by atoms with van der Waals surface area (Å²) < 4.78 is 15.3. The van der Waals surface area contributed by atoms with Gasteiger partial charge in [-0.05, 0) is 0 Å². The predicted octanol–water partition coefficient (Wildman–Crippen LogP) is -5.11. The minimum absolute atomic E-state index is 0.729. The molecule has 0 aromatic rings. The van der Waals surface area contributed by atoms with E-state index in [2.05, 4.69) is 0 Å². The highest BCUT2D eigenvalue weighted by Gasteiger charge is 2.60. The van der Waals surface area contributed by atoms with Gasteiger partial charge in [-0.25, -0.2) is 0 Å². The van der Waals surface area contributed by atoms with Crippen molar-refractivity contribution in [3.8, 4) is 0 Å². The standard InChI is InChI=1S/C12H21NO12/c14-1-4-7(17)6(13(21)22)9(19)11(23-4)25-12(3-16)10(20)8(18)5(2-15)24-12/h4-11,14-20H,1-3H2/t4?,5-,6+,7-,8-,9?,10+,11-,12+/m1/s1. The van der Waals surface area contributed by atoms with Gasteiger partial charge in [0.2, 0.25) is 5.79 Å². The fourth-order valence-corrected chi connectivity index (χ4v) is 2.88. The molecule has 13 heteroatoms. The van der Waals surface area contributed by atoms with E-state index in [4.69, 9.17) is 19.3 Å². The van der Waals surface area contributed by atoms with Crippen LogP contribution >= 0.6 is 0 Å². The van der Waals surface area contributed by atoms with Gasteiger partial charge in [0.25, 0.3) is 6.04 Å². The Morgan fingerprint density at radius 2 is 1.60 bits per heavy atom. The number of rotatable bonds is 6. The molecular weight excluding hydrogens is 350 g/mol. The number of ether oxygens (including phenoxy) is 3. The van der Waals surface area contributed by atoms with E-state index in [0.29, 0.717) is 0 Å². The number of aliphatic hydroxyl groups is 7. The van der Waals surface area contributed by atoms with Gasteiger partial charge in [0, 0.05) is 4.92 Å². The first-order chi connectivity index (χ1) is 11.7. The van der Waals surface area contributed by atoms with Crippen LogP contribution in [0.4, 0.5) is 0 Å². The topological polar surface area (TPSA) is 212 Å². The molecule has 146 valence electrons. The van der Waals surface area contributed by atoms with Gasteiger partial charge in [0.1, 0.15) is 31.0 Å². The normalized spacial score (nSPS) is 47.8. The van der Waals surface area contributed by atoms with Crippen LogP contribution in [0.5, 0.6) is 0 Å². The molecule has 9 atom stereocenters. The van der Waals surface area contributed by atoms with Crippen molar-refractivity contribution in [2.45, 2.75) is 54.7 Å². The first-order valence-electron chi connectivity index (χ1n) is 7.41. The summed E-state index contributed by atoms with van der Waals surface area (Å²) in [6.45, 7) is -2.62. The van der Waals surface area contributed by atoms with Gasteiger partial charge >= 0.3 is 0 Å². The van der Waals surface area contributed by atoms with Gasteiger partial charge in [-0.2, -0.15) is 0 Å². The molecule has 2 fully saturated rings. The van der Waals surface area contributed by atoms with E-state index >= 15 is 0 Å². The van der Waals surface area contributed by atoms with E-state index in [9.17, 15) is 40.8 Å². The lowest BCUT2D eigenvalue weighted by molar-refractivity contribution is -0.568. The van der Waals surface area contributed by atoms with E-state index in [0.717, 1.165) is 0 Å². The van der Waals surface area contributed by atoms with Crippen LogP contribution in [0.25, 0.3) is 0 Å². The monoisotopic (exact) mass is 371 g/mol. The van der Waals surface area contributed by atoms with Crippen molar-refractivity contribution >= 4 is 0 Å². The minimum Gasteiger partial charge on any atom is -0.394 e. The van der Waals surface area contributed by atoms with Crippen LogP contribution in [0.2, 0.25) is 0 Å². The van der Waals surface area contributed by atoms with Crippen LogP contribution in [0.15, 0.2) is 0 Å². The molecule has 13 nitrogen and oxygen atoms in total. The highest BCUT2D eigenvalue weighted by Crippen LogP contribution is 2.36. The third-order valence-corrected chi connectivity index (χ3v) is 4.31. The largest absolute Gasteiger partial charge is 0.394 e. The van der Waals surface area contributed by atoms with Crippen LogP contribution in [0.3, 0.4) is 0 Å². The van der Waals surface area contributed by atoms with E-state index < -0.39 is 79.5 Å². The van der Waals surface area contributed by atoms with E-state index in [1.54, 1.807) is 0 Å². The SMILES string of the molecule is O=[N+]([O-])[C@@H]1C(O)[C@@H](O[C@]2(CO)O[C@H](CO)[C@@H](O)[C@@H]2O)OC(CO)[C@H]1O. The summed E-state index contributed by atoms with van der Waals surface area (Å²) in [5, 5.41) is 78.5. The lowest BCUT2D eigenvalue weighted by Crippen LogP contribution is -2.64. The van der Waals surface area contributed by atoms with Crippen LogP contribution < -0.4 is 0 Å². The second kappa shape index (κ2) is 7.71. The summed E-state index contributed by atoms with van der Waals surface area (Å²) >= 11 is 0. The van der Waals surface area contributed by atoms with Gasteiger partial charge in [-0.15, -0.1) is 0 Å². The van der Waals surface area contributed by atoms with E-state index in [1.807, 2.05) is 0 Å². The molecular formula is C12H21NO12. The first kappa shape index (κ1) is 20.3. The number of hydrogen-bond donors (Lipinski definition) is 7. The van der Waals surface area contributed by atoms with Gasteiger partial charge in [0.15, 0.2) is 18.5 Å². The molecule has 2 heterocycles. The molecule has 0 bridgehead atoms. The third-order valence-electron chi connectivity index (χ3n) is 4.31. The zero-order valence-corrected chi connectivity index (χ0v) is 12.9. The number of nitrogens with zero attached hydrogens (tertiary/aromatic N) is 1. The molecule has 0 aromatic heterocycles. The predicted molar refractivity (Wildman–Crippen MR) is 73.4 cm³/mol. The Labute approximate surface area is 140 Å². The van der Waals surface area contributed by atoms with Crippen molar-refractivity contribution in [3.05, 3.63) is 10.1 Å². The first-order valence-corrected chi connectivity index (χ1v) is 7.41. The average molecular weight is 371 g/mol. The number of aliphatic hydroxyl groups excluding tert-OH is 7. The maximum Gasteiger partial charge on any atom is 0.271 e. The maximum atomic E-state index is 11.1. The highest BCUT2D eigenvalue weighted by atomic mass is 16.8. The Morgan fingerprint density at radius 1 is 1.00 bits per heavy atom. The summed E-state index contributed by atoms with van der Waals surface area (Å²) in [6.07, 6.45) is -12.1. The Balaban J connectivity index is 2.25. The lowest BCUT2D eigenvalue weighted by atomic mass is 9.96. The summed E-state index contributed by atoms with van der Waals surface area (Å²) in [7, 11) is 0. The molecule has 0 aromatic carbocycles. The molecule has 0 saturated carbocycles. The molecule has 0 aliphatic carbocycles. The second-order valence-electron chi connectivity index (χ2n) is 5.84. The third kappa shape index (κ3) is 3.48. The van der Waals surface area contributed by atoms with Crippen LogP contribution in [0, 0.1) is 10.1 Å².